The number of benzene rings is 1. The van der Waals surface area contributed by atoms with Gasteiger partial charge in [-0.15, -0.1) is 0 Å². The largest absolute Gasteiger partial charge is 0.396 e. The van der Waals surface area contributed by atoms with Crippen LogP contribution in [-0.4, -0.2) is 37.0 Å². The first-order valence-electron chi connectivity index (χ1n) is 7.45. The molecule has 21 heavy (non-hydrogen) atoms. The zero-order valence-electron chi connectivity index (χ0n) is 12.9. The zero-order chi connectivity index (χ0) is 15.6. The topological polar surface area (TPSA) is 58.4 Å². The summed E-state index contributed by atoms with van der Waals surface area (Å²) in [5, 5.41) is 2.68. The number of carbonyl (C=O) groups is 1. The molecule has 1 amide bonds. The maximum atomic E-state index is 13.7. The van der Waals surface area contributed by atoms with Crippen LogP contribution in [0.4, 0.5) is 10.1 Å². The summed E-state index contributed by atoms with van der Waals surface area (Å²) in [4.78, 5) is 13.9. The number of amides is 1. The number of aryl methyl sites for hydroxylation is 1. The number of nitrogens with one attached hydrogen (secondary N) is 1. The Kier molecular flexibility index (Phi) is 4.83. The summed E-state index contributed by atoms with van der Waals surface area (Å²) in [5.41, 5.74) is 7.91. The number of piperidine rings is 1. The summed E-state index contributed by atoms with van der Waals surface area (Å²) in [7, 11) is 1.66. The van der Waals surface area contributed by atoms with E-state index in [1.807, 2.05) is 13.8 Å². The fourth-order valence-electron chi connectivity index (χ4n) is 3.13. The van der Waals surface area contributed by atoms with E-state index in [-0.39, 0.29) is 23.5 Å². The van der Waals surface area contributed by atoms with E-state index in [0.29, 0.717) is 5.92 Å². The molecule has 1 aromatic carbocycles. The number of hydrogen-bond donors (Lipinski definition) is 2. The Labute approximate surface area is 125 Å². The highest BCUT2D eigenvalue weighted by atomic mass is 19.1. The van der Waals surface area contributed by atoms with Crippen molar-refractivity contribution in [1.82, 2.24) is 10.2 Å². The predicted octanol–water partition coefficient (Wildman–Crippen LogP) is 2.03. The molecule has 0 spiro atoms. The van der Waals surface area contributed by atoms with E-state index < -0.39 is 0 Å². The van der Waals surface area contributed by atoms with Crippen LogP contribution in [0.5, 0.6) is 0 Å². The number of likely N-dealkylation sites (N-methyl/N-ethyl adjacent to an activating group) is 1. The molecule has 3 N–H and O–H groups in total. The van der Waals surface area contributed by atoms with Gasteiger partial charge in [-0.05, 0) is 69.0 Å². The molecule has 0 saturated carbocycles. The van der Waals surface area contributed by atoms with Gasteiger partial charge in [0.1, 0.15) is 5.82 Å². The Bertz CT molecular complexity index is 524. The molecule has 1 aliphatic rings. The maximum absolute atomic E-state index is 13.7. The number of nitrogens with zero attached hydrogens (tertiary/aromatic N) is 1. The van der Waals surface area contributed by atoms with Crippen molar-refractivity contribution in [3.63, 3.8) is 0 Å². The second-order valence-corrected chi connectivity index (χ2v) is 5.83. The van der Waals surface area contributed by atoms with Gasteiger partial charge in [-0.3, -0.25) is 9.69 Å². The molecular formula is C16H24FN3O. The van der Waals surface area contributed by atoms with Crippen molar-refractivity contribution >= 4 is 11.6 Å². The maximum Gasteiger partial charge on any atom is 0.236 e. The lowest BCUT2D eigenvalue weighted by Gasteiger charge is -2.35. The van der Waals surface area contributed by atoms with Crippen molar-refractivity contribution in [3.8, 4) is 0 Å². The van der Waals surface area contributed by atoms with Crippen molar-refractivity contribution < 1.29 is 9.18 Å². The molecule has 1 saturated heterocycles. The molecule has 1 atom stereocenters. The third-order valence-electron chi connectivity index (χ3n) is 4.53. The lowest BCUT2D eigenvalue weighted by molar-refractivity contribution is -0.125. The van der Waals surface area contributed by atoms with Gasteiger partial charge >= 0.3 is 0 Å². The van der Waals surface area contributed by atoms with E-state index in [1.54, 1.807) is 19.2 Å². The molecule has 4 nitrogen and oxygen atoms in total. The molecule has 1 unspecified atom stereocenters. The molecule has 0 aliphatic carbocycles. The van der Waals surface area contributed by atoms with Gasteiger partial charge in [0.15, 0.2) is 0 Å². The van der Waals surface area contributed by atoms with Gasteiger partial charge in [-0.2, -0.15) is 0 Å². The Morgan fingerprint density at radius 2 is 2.05 bits per heavy atom. The van der Waals surface area contributed by atoms with Crippen molar-refractivity contribution in [3.05, 3.63) is 29.1 Å². The summed E-state index contributed by atoms with van der Waals surface area (Å²) >= 11 is 0. The fourth-order valence-corrected chi connectivity index (χ4v) is 3.13. The standard InChI is InChI=1S/C16H24FN3O/c1-10-8-15(18)14(17)9-13(10)12-4-6-20(7-5-12)11(2)16(21)19-3/h8-9,11-12H,4-7,18H2,1-3H3,(H,19,21). The number of hydrogen-bond acceptors (Lipinski definition) is 3. The van der Waals surface area contributed by atoms with Gasteiger partial charge in [0.05, 0.1) is 11.7 Å². The summed E-state index contributed by atoms with van der Waals surface area (Å²) in [6.45, 7) is 5.60. The molecule has 0 bridgehead atoms. The van der Waals surface area contributed by atoms with E-state index in [0.717, 1.165) is 37.1 Å². The van der Waals surface area contributed by atoms with Crippen molar-refractivity contribution in [2.45, 2.75) is 38.6 Å². The van der Waals surface area contributed by atoms with Gasteiger partial charge in [0.25, 0.3) is 0 Å². The molecule has 1 aliphatic heterocycles. The second kappa shape index (κ2) is 6.43. The Morgan fingerprint density at radius 1 is 1.43 bits per heavy atom. The molecule has 1 aromatic rings. The normalized spacial score (nSPS) is 18.5. The quantitative estimate of drug-likeness (QED) is 0.838. The molecule has 1 heterocycles. The van der Waals surface area contributed by atoms with E-state index >= 15 is 0 Å². The van der Waals surface area contributed by atoms with Crippen LogP contribution in [0.1, 0.15) is 36.8 Å². The second-order valence-electron chi connectivity index (χ2n) is 5.83. The number of anilines is 1. The highest BCUT2D eigenvalue weighted by molar-refractivity contribution is 5.80. The fraction of sp³-hybridized carbons (Fsp3) is 0.562. The van der Waals surface area contributed by atoms with Gasteiger partial charge in [-0.25, -0.2) is 4.39 Å². The zero-order valence-corrected chi connectivity index (χ0v) is 12.9. The van der Waals surface area contributed by atoms with Crippen molar-refractivity contribution in [1.29, 1.82) is 0 Å². The lowest BCUT2D eigenvalue weighted by atomic mass is 9.86. The van der Waals surface area contributed by atoms with E-state index in [2.05, 4.69) is 10.2 Å². The molecule has 116 valence electrons. The molecule has 5 heteroatoms. The summed E-state index contributed by atoms with van der Waals surface area (Å²) in [6, 6.07) is 3.18. The Balaban J connectivity index is 2.04. The van der Waals surface area contributed by atoms with E-state index in [4.69, 9.17) is 5.73 Å². The van der Waals surface area contributed by atoms with E-state index in [1.165, 1.54) is 0 Å². The number of nitrogens with two attached hydrogens (primary N) is 1. The van der Waals surface area contributed by atoms with Crippen LogP contribution in [0.25, 0.3) is 0 Å². The highest BCUT2D eigenvalue weighted by Crippen LogP contribution is 2.32. The molecule has 0 aromatic heterocycles. The van der Waals surface area contributed by atoms with Crippen LogP contribution in [0.2, 0.25) is 0 Å². The van der Waals surface area contributed by atoms with Gasteiger partial charge in [-0.1, -0.05) is 0 Å². The SMILES string of the molecule is CNC(=O)C(C)N1CCC(c2cc(F)c(N)cc2C)CC1. The van der Waals surface area contributed by atoms with Crippen LogP contribution in [0.15, 0.2) is 12.1 Å². The average Bonchev–Trinajstić information content (AvgIpc) is 2.49. The van der Waals surface area contributed by atoms with Crippen LogP contribution in [0.3, 0.4) is 0 Å². The van der Waals surface area contributed by atoms with Crippen molar-refractivity contribution in [2.24, 2.45) is 0 Å². The van der Waals surface area contributed by atoms with Crippen LogP contribution in [0, 0.1) is 12.7 Å². The molecular weight excluding hydrogens is 269 g/mol. The minimum atomic E-state index is -0.336. The highest BCUT2D eigenvalue weighted by Gasteiger charge is 2.27. The minimum absolute atomic E-state index is 0.0446. The van der Waals surface area contributed by atoms with Gasteiger partial charge < -0.3 is 11.1 Å². The third kappa shape index (κ3) is 3.35. The number of nitrogen functional groups attached to an aromatic ring is 1. The molecule has 2 rings (SSSR count). The average molecular weight is 293 g/mol. The lowest BCUT2D eigenvalue weighted by Crippen LogP contribution is -2.47. The number of carbonyl (C=O) groups excluding carboxylic acids is 1. The predicted molar refractivity (Wildman–Crippen MR) is 82.6 cm³/mol. The van der Waals surface area contributed by atoms with Gasteiger partial charge in [0, 0.05) is 7.05 Å². The summed E-state index contributed by atoms with van der Waals surface area (Å²) in [5.74, 6) is 0.0492. The first-order valence-corrected chi connectivity index (χ1v) is 7.45. The van der Waals surface area contributed by atoms with Crippen molar-refractivity contribution in [2.75, 3.05) is 25.9 Å². The summed E-state index contributed by atoms with van der Waals surface area (Å²) in [6.07, 6.45) is 1.87. The van der Waals surface area contributed by atoms with E-state index in [9.17, 15) is 9.18 Å². The number of likely N-dealkylation sites (tertiary alicyclic amines) is 1. The number of rotatable bonds is 3. The summed E-state index contributed by atoms with van der Waals surface area (Å²) < 4.78 is 13.7. The van der Waals surface area contributed by atoms with Crippen LogP contribution >= 0.6 is 0 Å². The third-order valence-corrected chi connectivity index (χ3v) is 4.53. The Morgan fingerprint density at radius 3 is 2.62 bits per heavy atom. The van der Waals surface area contributed by atoms with Crippen LogP contribution < -0.4 is 11.1 Å². The monoisotopic (exact) mass is 293 g/mol. The minimum Gasteiger partial charge on any atom is -0.396 e. The van der Waals surface area contributed by atoms with Gasteiger partial charge in [0.2, 0.25) is 5.91 Å². The number of halogens is 1. The molecule has 1 fully saturated rings. The smallest absolute Gasteiger partial charge is 0.236 e. The molecule has 0 radical (unpaired) electrons. The first kappa shape index (κ1) is 15.8. The Hall–Kier alpha value is -1.62. The van der Waals surface area contributed by atoms with Crippen LogP contribution in [-0.2, 0) is 4.79 Å². The first-order chi connectivity index (χ1) is 9.93.